The Morgan fingerprint density at radius 3 is 2.62 bits per heavy atom. The second-order valence-corrected chi connectivity index (χ2v) is 4.80. The van der Waals surface area contributed by atoms with Crippen molar-refractivity contribution < 1.29 is 9.53 Å². The molecule has 3 heteroatoms. The molecule has 0 N–H and O–H groups in total. The predicted molar refractivity (Wildman–Crippen MR) is 47.1 cm³/mol. The maximum atomic E-state index is 11.8. The lowest BCUT2D eigenvalue weighted by Gasteiger charge is -2.22. The van der Waals surface area contributed by atoms with Gasteiger partial charge in [-0.05, 0) is 24.7 Å². The zero-order chi connectivity index (χ0) is 9.16. The van der Waals surface area contributed by atoms with E-state index < -0.39 is 0 Å². The van der Waals surface area contributed by atoms with E-state index >= 15 is 0 Å². The minimum atomic E-state index is 0.267. The number of fused-ring (bicyclic) bond motifs is 5. The highest BCUT2D eigenvalue weighted by molar-refractivity contribution is 5.79. The molecule has 0 aromatic rings. The fraction of sp³-hybridized carbons (Fsp3) is 0.900. The molecular formula is C10H15NO2. The molecule has 13 heavy (non-hydrogen) atoms. The van der Waals surface area contributed by atoms with Gasteiger partial charge < -0.3 is 9.64 Å². The molecule has 3 aliphatic rings. The molecule has 1 heterocycles. The van der Waals surface area contributed by atoms with E-state index in [9.17, 15) is 4.79 Å². The van der Waals surface area contributed by atoms with Crippen LogP contribution in [0.25, 0.3) is 0 Å². The number of carbonyl (C=O) groups is 1. The Balaban J connectivity index is 1.77. The third kappa shape index (κ3) is 0.909. The number of hydrogen-bond acceptors (Lipinski definition) is 2. The van der Waals surface area contributed by atoms with Gasteiger partial charge in [-0.3, -0.25) is 4.79 Å². The van der Waals surface area contributed by atoms with Crippen LogP contribution in [-0.4, -0.2) is 37.1 Å². The highest BCUT2D eigenvalue weighted by Gasteiger charge is 2.64. The van der Waals surface area contributed by atoms with Crippen LogP contribution < -0.4 is 0 Å². The Kier molecular flexibility index (Phi) is 1.36. The lowest BCUT2D eigenvalue weighted by molar-refractivity contribution is -0.134. The van der Waals surface area contributed by atoms with E-state index in [4.69, 9.17) is 4.74 Å². The summed E-state index contributed by atoms with van der Waals surface area (Å²) in [5.41, 5.74) is 0. The standard InChI is InChI=1S/C10H15NO2/c1-11(2)10(12)7-4-5-3-6(7)9-8(5)13-9/h5-9H,3-4H2,1-2H3/t5-,6+,7+,8-,9+/m1/s1. The van der Waals surface area contributed by atoms with Crippen molar-refractivity contribution in [2.45, 2.75) is 25.0 Å². The SMILES string of the molecule is CN(C)C(=O)[C@H]1C[C@H]2C[C@@H]1[C@@H]1O[C@H]21. The van der Waals surface area contributed by atoms with Gasteiger partial charge in [0.1, 0.15) is 0 Å². The van der Waals surface area contributed by atoms with Crippen LogP contribution in [0.4, 0.5) is 0 Å². The van der Waals surface area contributed by atoms with Gasteiger partial charge in [-0.25, -0.2) is 0 Å². The topological polar surface area (TPSA) is 32.8 Å². The number of carbonyl (C=O) groups excluding carboxylic acids is 1. The molecule has 2 aliphatic carbocycles. The van der Waals surface area contributed by atoms with Crippen LogP contribution >= 0.6 is 0 Å². The van der Waals surface area contributed by atoms with Gasteiger partial charge in [0.05, 0.1) is 12.2 Å². The van der Waals surface area contributed by atoms with Crippen molar-refractivity contribution in [2.24, 2.45) is 17.8 Å². The summed E-state index contributed by atoms with van der Waals surface area (Å²) in [5.74, 6) is 1.82. The maximum absolute atomic E-state index is 11.8. The van der Waals surface area contributed by atoms with Crippen LogP contribution in [0, 0.1) is 17.8 Å². The molecule has 72 valence electrons. The smallest absolute Gasteiger partial charge is 0.225 e. The molecule has 5 atom stereocenters. The van der Waals surface area contributed by atoms with E-state index in [1.807, 2.05) is 14.1 Å². The Hall–Kier alpha value is -0.570. The van der Waals surface area contributed by atoms with E-state index in [0.29, 0.717) is 30.0 Å². The molecule has 2 saturated carbocycles. The Morgan fingerprint density at radius 1 is 1.31 bits per heavy atom. The summed E-state index contributed by atoms with van der Waals surface area (Å²) in [4.78, 5) is 13.5. The van der Waals surface area contributed by atoms with Gasteiger partial charge in [0.25, 0.3) is 0 Å². The van der Waals surface area contributed by atoms with Crippen molar-refractivity contribution in [1.82, 2.24) is 4.90 Å². The molecule has 1 amide bonds. The average Bonchev–Trinajstić information content (AvgIpc) is 2.71. The number of nitrogens with zero attached hydrogens (tertiary/aromatic N) is 1. The van der Waals surface area contributed by atoms with Gasteiger partial charge in [-0.2, -0.15) is 0 Å². The lowest BCUT2D eigenvalue weighted by atomic mass is 9.88. The average molecular weight is 181 g/mol. The first kappa shape index (κ1) is 7.80. The summed E-state index contributed by atoms with van der Waals surface area (Å²) in [7, 11) is 3.69. The van der Waals surface area contributed by atoms with E-state index in [-0.39, 0.29) is 5.92 Å². The Labute approximate surface area is 78.0 Å². The van der Waals surface area contributed by atoms with E-state index in [2.05, 4.69) is 0 Å². The van der Waals surface area contributed by atoms with Crippen LogP contribution in [0.1, 0.15) is 12.8 Å². The second-order valence-electron chi connectivity index (χ2n) is 4.80. The summed E-state index contributed by atoms with van der Waals surface area (Å²) in [6.45, 7) is 0. The molecule has 0 aromatic heterocycles. The van der Waals surface area contributed by atoms with Crippen LogP contribution in [0.2, 0.25) is 0 Å². The van der Waals surface area contributed by atoms with E-state index in [0.717, 1.165) is 6.42 Å². The van der Waals surface area contributed by atoms with Gasteiger partial charge >= 0.3 is 0 Å². The molecule has 3 rings (SSSR count). The number of amides is 1. The van der Waals surface area contributed by atoms with Gasteiger partial charge in [-0.15, -0.1) is 0 Å². The minimum Gasteiger partial charge on any atom is -0.369 e. The summed E-state index contributed by atoms with van der Waals surface area (Å²) in [6, 6.07) is 0. The third-order valence-electron chi connectivity index (χ3n) is 3.85. The molecule has 3 fully saturated rings. The maximum Gasteiger partial charge on any atom is 0.225 e. The molecule has 2 bridgehead atoms. The number of epoxide rings is 1. The zero-order valence-electron chi connectivity index (χ0n) is 8.06. The normalized spacial score (nSPS) is 50.5. The highest BCUT2D eigenvalue weighted by Crippen LogP contribution is 2.58. The highest BCUT2D eigenvalue weighted by atomic mass is 16.6. The van der Waals surface area contributed by atoms with Crippen molar-refractivity contribution in [1.29, 1.82) is 0 Å². The van der Waals surface area contributed by atoms with Crippen molar-refractivity contribution in [2.75, 3.05) is 14.1 Å². The second kappa shape index (κ2) is 2.27. The van der Waals surface area contributed by atoms with Crippen molar-refractivity contribution >= 4 is 5.91 Å². The first-order valence-electron chi connectivity index (χ1n) is 5.05. The largest absolute Gasteiger partial charge is 0.369 e. The summed E-state index contributed by atoms with van der Waals surface area (Å²) in [6.07, 6.45) is 3.30. The molecule has 0 unspecified atom stereocenters. The Morgan fingerprint density at radius 2 is 2.08 bits per heavy atom. The van der Waals surface area contributed by atoms with E-state index in [1.165, 1.54) is 6.42 Å². The molecule has 1 aliphatic heterocycles. The van der Waals surface area contributed by atoms with Crippen molar-refractivity contribution in [3.8, 4) is 0 Å². The van der Waals surface area contributed by atoms with Gasteiger partial charge in [0, 0.05) is 20.0 Å². The van der Waals surface area contributed by atoms with Crippen molar-refractivity contribution in [3.05, 3.63) is 0 Å². The third-order valence-corrected chi connectivity index (χ3v) is 3.85. The molecular weight excluding hydrogens is 166 g/mol. The fourth-order valence-electron chi connectivity index (χ4n) is 3.22. The molecule has 0 aromatic carbocycles. The first-order chi connectivity index (χ1) is 6.18. The Bertz CT molecular complexity index is 264. The van der Waals surface area contributed by atoms with Gasteiger partial charge in [0.15, 0.2) is 0 Å². The number of rotatable bonds is 1. The van der Waals surface area contributed by atoms with Crippen LogP contribution in [0.3, 0.4) is 0 Å². The molecule has 0 spiro atoms. The number of ether oxygens (including phenoxy) is 1. The minimum absolute atomic E-state index is 0.267. The molecule has 1 saturated heterocycles. The predicted octanol–water partition coefficient (Wildman–Crippen LogP) is 0.498. The van der Waals surface area contributed by atoms with Crippen LogP contribution in [0.15, 0.2) is 0 Å². The summed E-state index contributed by atoms with van der Waals surface area (Å²) < 4.78 is 5.53. The first-order valence-corrected chi connectivity index (χ1v) is 5.05. The fourth-order valence-corrected chi connectivity index (χ4v) is 3.22. The molecule has 0 radical (unpaired) electrons. The van der Waals surface area contributed by atoms with Crippen molar-refractivity contribution in [3.63, 3.8) is 0 Å². The molecule has 3 nitrogen and oxygen atoms in total. The lowest BCUT2D eigenvalue weighted by Crippen LogP contribution is -2.34. The van der Waals surface area contributed by atoms with Crippen LogP contribution in [0.5, 0.6) is 0 Å². The number of hydrogen-bond donors (Lipinski definition) is 0. The van der Waals surface area contributed by atoms with E-state index in [1.54, 1.807) is 4.90 Å². The summed E-state index contributed by atoms with van der Waals surface area (Å²) in [5, 5.41) is 0. The van der Waals surface area contributed by atoms with Gasteiger partial charge in [-0.1, -0.05) is 0 Å². The zero-order valence-corrected chi connectivity index (χ0v) is 8.06. The van der Waals surface area contributed by atoms with Crippen LogP contribution in [-0.2, 0) is 9.53 Å². The summed E-state index contributed by atoms with van der Waals surface area (Å²) >= 11 is 0. The monoisotopic (exact) mass is 181 g/mol. The van der Waals surface area contributed by atoms with Gasteiger partial charge in [0.2, 0.25) is 5.91 Å². The quantitative estimate of drug-likeness (QED) is 0.552.